The second-order valence-electron chi connectivity index (χ2n) is 7.10. The van der Waals surface area contributed by atoms with E-state index in [2.05, 4.69) is 25.6 Å². The van der Waals surface area contributed by atoms with E-state index in [0.29, 0.717) is 35.5 Å². The Morgan fingerprint density at radius 1 is 1.06 bits per heavy atom. The summed E-state index contributed by atoms with van der Waals surface area (Å²) in [5.74, 6) is 1.84. The number of ether oxygens (including phenoxy) is 1. The standard InChI is InChI=1S/C24H24N6O2S/c1-2-32-20-10-8-18(9-11-20)22-16-28-24(29-19-6-3-7-21(13-19)33(25)31)30-23(22)27-15-17-5-4-12-26-14-17/h3-14,16,25,33H,2,15H2,1H3,(H2,27,28,29,30). The minimum absolute atomic E-state index is 0.385. The fourth-order valence-electron chi connectivity index (χ4n) is 3.21. The molecule has 4 rings (SSSR count). The molecule has 1 unspecified atom stereocenters. The summed E-state index contributed by atoms with van der Waals surface area (Å²) in [6, 6.07) is 18.6. The maximum Gasteiger partial charge on any atom is 0.229 e. The highest BCUT2D eigenvalue weighted by atomic mass is 32.2. The van der Waals surface area contributed by atoms with E-state index < -0.39 is 10.6 Å². The molecule has 0 aliphatic heterocycles. The van der Waals surface area contributed by atoms with E-state index in [9.17, 15) is 4.21 Å². The molecule has 2 aromatic carbocycles. The molecule has 2 aromatic heterocycles. The number of benzene rings is 2. The first-order chi connectivity index (χ1) is 16.1. The number of thiol groups is 1. The largest absolute Gasteiger partial charge is 0.494 e. The minimum atomic E-state index is -2.17. The summed E-state index contributed by atoms with van der Waals surface area (Å²) >= 11 is 0. The molecule has 0 bridgehead atoms. The van der Waals surface area contributed by atoms with Gasteiger partial charge in [-0.1, -0.05) is 24.3 Å². The Kier molecular flexibility index (Phi) is 7.11. The Morgan fingerprint density at radius 3 is 2.64 bits per heavy atom. The smallest absolute Gasteiger partial charge is 0.229 e. The highest BCUT2D eigenvalue weighted by Crippen LogP contribution is 2.29. The average molecular weight is 461 g/mol. The third-order valence-corrected chi connectivity index (χ3v) is 5.53. The number of aromatic nitrogens is 3. The zero-order chi connectivity index (χ0) is 23.0. The monoisotopic (exact) mass is 460 g/mol. The van der Waals surface area contributed by atoms with Crippen molar-refractivity contribution in [3.05, 3.63) is 84.8 Å². The van der Waals surface area contributed by atoms with Gasteiger partial charge in [0.2, 0.25) is 5.95 Å². The first-order valence-electron chi connectivity index (χ1n) is 10.4. The molecule has 0 saturated carbocycles. The fourth-order valence-corrected chi connectivity index (χ4v) is 3.69. The highest BCUT2D eigenvalue weighted by Gasteiger charge is 2.11. The molecule has 168 valence electrons. The minimum Gasteiger partial charge on any atom is -0.494 e. The Bertz CT molecular complexity index is 1290. The summed E-state index contributed by atoms with van der Waals surface area (Å²) in [6.45, 7) is 3.10. The first kappa shape index (κ1) is 22.2. The predicted octanol–water partition coefficient (Wildman–Crippen LogP) is 4.90. The SMILES string of the molecule is CCOc1ccc(-c2cnc(Nc3cccc([SH](=N)=O)c3)nc2NCc2cccnc2)cc1. The molecule has 0 aliphatic carbocycles. The van der Waals surface area contributed by atoms with Crippen molar-refractivity contribution in [3.63, 3.8) is 0 Å². The fraction of sp³-hybridized carbons (Fsp3) is 0.125. The zero-order valence-electron chi connectivity index (χ0n) is 18.0. The van der Waals surface area contributed by atoms with Crippen LogP contribution in [0.25, 0.3) is 11.1 Å². The average Bonchev–Trinajstić information content (AvgIpc) is 2.84. The van der Waals surface area contributed by atoms with Crippen LogP contribution >= 0.6 is 0 Å². The van der Waals surface area contributed by atoms with Gasteiger partial charge in [-0.2, -0.15) is 4.98 Å². The molecule has 3 N–H and O–H groups in total. The normalized spacial score (nSPS) is 11.5. The van der Waals surface area contributed by atoms with Gasteiger partial charge in [-0.05, 0) is 54.4 Å². The number of hydrogen-bond acceptors (Lipinski definition) is 8. The number of hydrogen-bond donors (Lipinski definition) is 4. The van der Waals surface area contributed by atoms with E-state index in [0.717, 1.165) is 22.4 Å². The molecule has 8 nitrogen and oxygen atoms in total. The molecule has 2 heterocycles. The van der Waals surface area contributed by atoms with Gasteiger partial charge < -0.3 is 15.4 Å². The van der Waals surface area contributed by atoms with E-state index in [1.54, 1.807) is 36.8 Å². The first-order valence-corrected chi connectivity index (χ1v) is 11.7. The van der Waals surface area contributed by atoms with E-state index in [1.165, 1.54) is 0 Å². The van der Waals surface area contributed by atoms with Gasteiger partial charge in [0.05, 0.1) is 17.2 Å². The van der Waals surface area contributed by atoms with Crippen molar-refractivity contribution in [1.82, 2.24) is 15.0 Å². The third kappa shape index (κ3) is 5.83. The van der Waals surface area contributed by atoms with Gasteiger partial charge >= 0.3 is 0 Å². The topological polar surface area (TPSA) is 113 Å². The van der Waals surface area contributed by atoms with Crippen molar-refractivity contribution in [1.29, 1.82) is 4.78 Å². The molecule has 0 radical (unpaired) electrons. The van der Waals surface area contributed by atoms with Gasteiger partial charge in [0, 0.05) is 41.3 Å². The van der Waals surface area contributed by atoms with Crippen LogP contribution in [0.15, 0.2) is 84.1 Å². The molecular weight excluding hydrogens is 436 g/mol. The summed E-state index contributed by atoms with van der Waals surface area (Å²) in [6.07, 6.45) is 5.29. The van der Waals surface area contributed by atoms with Crippen LogP contribution in [0, 0.1) is 4.78 Å². The van der Waals surface area contributed by atoms with Crippen molar-refractivity contribution >= 4 is 28.0 Å². The van der Waals surface area contributed by atoms with Crippen molar-refractivity contribution in [2.24, 2.45) is 0 Å². The lowest BCUT2D eigenvalue weighted by molar-refractivity contribution is 0.340. The molecule has 9 heteroatoms. The Balaban J connectivity index is 1.64. The number of nitrogens with one attached hydrogen (secondary N) is 3. The number of anilines is 3. The summed E-state index contributed by atoms with van der Waals surface area (Å²) in [4.78, 5) is 13.8. The van der Waals surface area contributed by atoms with Crippen LogP contribution in [-0.4, -0.2) is 25.8 Å². The Labute approximate surface area is 194 Å². The Morgan fingerprint density at radius 2 is 1.91 bits per heavy atom. The number of pyridine rings is 1. The zero-order valence-corrected chi connectivity index (χ0v) is 18.9. The lowest BCUT2D eigenvalue weighted by Crippen LogP contribution is -2.06. The Hall–Kier alpha value is -3.98. The van der Waals surface area contributed by atoms with Gasteiger partial charge in [0.15, 0.2) is 0 Å². The van der Waals surface area contributed by atoms with Gasteiger partial charge in [-0.25, -0.2) is 9.19 Å². The van der Waals surface area contributed by atoms with E-state index in [1.807, 2.05) is 49.4 Å². The van der Waals surface area contributed by atoms with Crippen molar-refractivity contribution in [3.8, 4) is 16.9 Å². The lowest BCUT2D eigenvalue weighted by atomic mass is 10.1. The quantitative estimate of drug-likeness (QED) is 0.263. The van der Waals surface area contributed by atoms with Crippen LogP contribution in [-0.2, 0) is 17.1 Å². The van der Waals surface area contributed by atoms with E-state index in [-0.39, 0.29) is 0 Å². The van der Waals surface area contributed by atoms with Crippen molar-refractivity contribution in [2.45, 2.75) is 18.4 Å². The molecule has 0 amide bonds. The molecular formula is C24H24N6O2S. The van der Waals surface area contributed by atoms with Crippen molar-refractivity contribution in [2.75, 3.05) is 17.2 Å². The second kappa shape index (κ2) is 10.6. The summed E-state index contributed by atoms with van der Waals surface area (Å²) in [7, 11) is -2.17. The summed E-state index contributed by atoms with van der Waals surface area (Å²) in [5, 5.41) is 6.52. The number of rotatable bonds is 9. The van der Waals surface area contributed by atoms with Crippen LogP contribution in [0.3, 0.4) is 0 Å². The summed E-state index contributed by atoms with van der Waals surface area (Å²) < 4.78 is 24.5. The van der Waals surface area contributed by atoms with Gasteiger partial charge in [-0.3, -0.25) is 9.76 Å². The maximum absolute atomic E-state index is 11.5. The molecule has 33 heavy (non-hydrogen) atoms. The van der Waals surface area contributed by atoms with Gasteiger partial charge in [0.1, 0.15) is 11.6 Å². The van der Waals surface area contributed by atoms with Crippen LogP contribution in [0.5, 0.6) is 5.75 Å². The van der Waals surface area contributed by atoms with Crippen molar-refractivity contribution < 1.29 is 8.95 Å². The third-order valence-electron chi connectivity index (χ3n) is 4.78. The molecule has 4 aromatic rings. The van der Waals surface area contributed by atoms with E-state index in [4.69, 9.17) is 9.52 Å². The molecule has 1 atom stereocenters. The van der Waals surface area contributed by atoms with Crippen LogP contribution in [0.2, 0.25) is 0 Å². The van der Waals surface area contributed by atoms with Gasteiger partial charge in [0.25, 0.3) is 0 Å². The van der Waals surface area contributed by atoms with Crippen LogP contribution in [0.1, 0.15) is 12.5 Å². The van der Waals surface area contributed by atoms with Gasteiger partial charge in [-0.15, -0.1) is 0 Å². The second-order valence-corrected chi connectivity index (χ2v) is 8.20. The number of nitrogens with zero attached hydrogens (tertiary/aromatic N) is 3. The molecule has 0 aliphatic rings. The molecule has 0 fully saturated rings. The van der Waals surface area contributed by atoms with E-state index >= 15 is 0 Å². The van der Waals surface area contributed by atoms with Crippen LogP contribution < -0.4 is 15.4 Å². The highest BCUT2D eigenvalue weighted by molar-refractivity contribution is 7.73. The molecule has 0 saturated heterocycles. The maximum atomic E-state index is 11.5. The lowest BCUT2D eigenvalue weighted by Gasteiger charge is -2.14. The summed E-state index contributed by atoms with van der Waals surface area (Å²) in [5.41, 5.74) is 3.48. The predicted molar refractivity (Wildman–Crippen MR) is 130 cm³/mol. The van der Waals surface area contributed by atoms with Crippen LogP contribution in [0.4, 0.5) is 17.5 Å². The molecule has 0 spiro atoms.